The van der Waals surface area contributed by atoms with Crippen LogP contribution in [0.3, 0.4) is 0 Å². The molecule has 3 aliphatic heterocycles. The molecule has 5 aliphatic rings. The zero-order valence-corrected chi connectivity index (χ0v) is 37.3. The van der Waals surface area contributed by atoms with Gasteiger partial charge < -0.3 is 44.6 Å². The molecular formula is C50H56N8O7. The second kappa shape index (κ2) is 17.1. The third-order valence-corrected chi connectivity index (χ3v) is 14.4. The smallest absolute Gasteiger partial charge is 0.407 e. The number of hydrogen-bond donors (Lipinski definition) is 4. The molecule has 0 radical (unpaired) electrons. The van der Waals surface area contributed by atoms with Crippen LogP contribution in [0.5, 0.6) is 0 Å². The van der Waals surface area contributed by atoms with Gasteiger partial charge in [-0.25, -0.2) is 19.6 Å². The third kappa shape index (κ3) is 8.15. The summed E-state index contributed by atoms with van der Waals surface area (Å²) in [5.41, 5.74) is 7.18. The van der Waals surface area contributed by atoms with E-state index >= 15 is 0 Å². The van der Waals surface area contributed by atoms with E-state index in [9.17, 15) is 19.2 Å². The minimum absolute atomic E-state index is 0.0216. The molecule has 10 rings (SSSR count). The van der Waals surface area contributed by atoms with E-state index in [-0.39, 0.29) is 47.2 Å². The Morgan fingerprint density at radius 3 is 2.09 bits per heavy atom. The number of fused-ring (bicyclic) bond motifs is 3. The molecule has 1 spiro atoms. The molecule has 2 aliphatic carbocycles. The topological polar surface area (TPSA) is 184 Å². The fourth-order valence-electron chi connectivity index (χ4n) is 10.6. The van der Waals surface area contributed by atoms with Gasteiger partial charge in [-0.3, -0.25) is 9.59 Å². The third-order valence-electron chi connectivity index (χ3n) is 14.4. The first kappa shape index (κ1) is 42.5. The first-order valence-electron chi connectivity index (χ1n) is 22.8. The van der Waals surface area contributed by atoms with Crippen LogP contribution in [0.4, 0.5) is 9.59 Å². The van der Waals surface area contributed by atoms with Crippen LogP contribution in [-0.2, 0) is 23.8 Å². The van der Waals surface area contributed by atoms with E-state index in [0.717, 1.165) is 82.3 Å². The summed E-state index contributed by atoms with van der Waals surface area (Å²) in [6, 6.07) is 19.3. The minimum atomic E-state index is -0.705. The highest BCUT2D eigenvalue weighted by Gasteiger charge is 2.55. The number of nitrogens with one attached hydrogen (secondary N) is 4. The highest BCUT2D eigenvalue weighted by atomic mass is 16.5. The Morgan fingerprint density at radius 2 is 1.40 bits per heavy atom. The van der Waals surface area contributed by atoms with Crippen molar-refractivity contribution in [1.29, 1.82) is 0 Å². The zero-order valence-electron chi connectivity index (χ0n) is 37.3. The van der Waals surface area contributed by atoms with Crippen LogP contribution >= 0.6 is 0 Å². The van der Waals surface area contributed by atoms with Crippen LogP contribution in [-0.4, -0.2) is 106 Å². The number of imidazole rings is 2. The number of amides is 4. The maximum atomic E-state index is 14.4. The van der Waals surface area contributed by atoms with Crippen molar-refractivity contribution in [2.45, 2.75) is 89.0 Å². The first-order valence-corrected chi connectivity index (χ1v) is 22.8. The van der Waals surface area contributed by atoms with E-state index in [1.54, 1.807) is 0 Å². The quantitative estimate of drug-likeness (QED) is 0.0961. The predicted molar refractivity (Wildman–Crippen MR) is 243 cm³/mol. The number of carbonyl (C=O) groups excluding carboxylic acids is 4. The number of aromatic nitrogens is 4. The van der Waals surface area contributed by atoms with Gasteiger partial charge in [-0.2, -0.15) is 0 Å². The molecule has 65 heavy (non-hydrogen) atoms. The van der Waals surface area contributed by atoms with Gasteiger partial charge in [0.05, 0.1) is 44.0 Å². The Morgan fingerprint density at radius 1 is 0.785 bits per heavy atom. The van der Waals surface area contributed by atoms with Gasteiger partial charge in [0.15, 0.2) is 0 Å². The van der Waals surface area contributed by atoms with Crippen LogP contribution in [0.1, 0.15) is 82.5 Å². The van der Waals surface area contributed by atoms with Gasteiger partial charge >= 0.3 is 12.2 Å². The average molecular weight is 881 g/mol. The summed E-state index contributed by atoms with van der Waals surface area (Å²) in [5, 5.41) is 7.81. The molecule has 3 saturated heterocycles. The lowest BCUT2D eigenvalue weighted by Gasteiger charge is -2.37. The van der Waals surface area contributed by atoms with Gasteiger partial charge in [-0.1, -0.05) is 68.5 Å². The number of aromatic amines is 2. The molecular weight excluding hydrogens is 825 g/mol. The number of alkyl carbamates (subject to hydrolysis) is 2. The highest BCUT2D eigenvalue weighted by Crippen LogP contribution is 2.58. The van der Waals surface area contributed by atoms with Crippen molar-refractivity contribution in [3.8, 4) is 33.6 Å². The average Bonchev–Trinajstić information content (AvgIpc) is 3.97. The molecule has 2 aromatic heterocycles. The van der Waals surface area contributed by atoms with Crippen LogP contribution in [0.25, 0.3) is 44.4 Å². The number of hydrogen-bond acceptors (Lipinski definition) is 9. The van der Waals surface area contributed by atoms with E-state index in [1.165, 1.54) is 19.8 Å². The molecule has 4 N–H and O–H groups in total. The van der Waals surface area contributed by atoms with E-state index in [4.69, 9.17) is 24.2 Å². The summed E-state index contributed by atoms with van der Waals surface area (Å²) in [6.07, 6.45) is 10.6. The molecule has 4 fully saturated rings. The summed E-state index contributed by atoms with van der Waals surface area (Å²) in [4.78, 5) is 73.4. The predicted octanol–water partition coefficient (Wildman–Crippen LogP) is 7.84. The number of ether oxygens (including phenoxy) is 3. The Bertz CT molecular complexity index is 2660. The second-order valence-corrected chi connectivity index (χ2v) is 18.8. The normalized spacial score (nSPS) is 22.0. The van der Waals surface area contributed by atoms with Gasteiger partial charge in [0.1, 0.15) is 29.8 Å². The largest absolute Gasteiger partial charge is 0.453 e. The Kier molecular flexibility index (Phi) is 11.2. The summed E-state index contributed by atoms with van der Waals surface area (Å²) >= 11 is 0. The van der Waals surface area contributed by atoms with Gasteiger partial charge in [0.25, 0.3) is 0 Å². The maximum absolute atomic E-state index is 14.4. The molecule has 5 aromatic rings. The van der Waals surface area contributed by atoms with Crippen molar-refractivity contribution in [1.82, 2.24) is 40.4 Å². The monoisotopic (exact) mass is 880 g/mol. The van der Waals surface area contributed by atoms with Crippen LogP contribution < -0.4 is 10.6 Å². The molecule has 338 valence electrons. The summed E-state index contributed by atoms with van der Waals surface area (Å²) < 4.78 is 15.3. The summed E-state index contributed by atoms with van der Waals surface area (Å²) in [7, 11) is 2.62. The molecule has 5 heterocycles. The Hall–Kier alpha value is -6.48. The zero-order chi connectivity index (χ0) is 45.0. The summed E-state index contributed by atoms with van der Waals surface area (Å²) in [6.45, 7) is 5.62. The van der Waals surface area contributed by atoms with E-state index in [0.29, 0.717) is 38.4 Å². The highest BCUT2D eigenvalue weighted by molar-refractivity contribution is 5.91. The molecule has 15 heteroatoms. The lowest BCUT2D eigenvalue weighted by atomic mass is 9.90. The fraction of sp³-hybridized carbons (Fsp3) is 0.440. The number of H-pyrrole nitrogens is 2. The number of nitrogens with zero attached hydrogens (tertiary/aromatic N) is 4. The fourth-order valence-corrected chi connectivity index (χ4v) is 10.6. The van der Waals surface area contributed by atoms with Crippen LogP contribution in [0.2, 0.25) is 0 Å². The molecule has 2 bridgehead atoms. The van der Waals surface area contributed by atoms with Crippen molar-refractivity contribution in [3.63, 3.8) is 0 Å². The van der Waals surface area contributed by atoms with Gasteiger partial charge in [-0.05, 0) is 107 Å². The molecule has 15 nitrogen and oxygen atoms in total. The maximum Gasteiger partial charge on any atom is 0.407 e. The lowest BCUT2D eigenvalue weighted by molar-refractivity contribution is -0.139. The van der Waals surface area contributed by atoms with Crippen molar-refractivity contribution in [2.75, 3.05) is 34.0 Å². The SMILES string of the molecule is COC(=O)N[C@H](C(=O)N1CC2(CC2)C[C@H]1c1ncc(-c2ccc3cc(-c4ccc(-c5cnc([C@@H]6C7=CC[C@H](C7)N6C(=O)[C@@H](NC(=O)OC)C6CCOCC6)[nH]5)cc4)ccc3c2)[nH]1)C(C)C. The molecule has 1 saturated carbocycles. The number of benzene rings is 3. The number of likely N-dealkylation sites (tertiary alicyclic amines) is 2. The number of methoxy groups -OCH3 is 2. The molecule has 3 aromatic carbocycles. The summed E-state index contributed by atoms with van der Waals surface area (Å²) in [5.74, 6) is 1.10. The van der Waals surface area contributed by atoms with Crippen molar-refractivity contribution in [2.24, 2.45) is 17.3 Å². The number of rotatable bonds is 11. The number of carbonyl (C=O) groups is 4. The van der Waals surface area contributed by atoms with Gasteiger partial charge in [0.2, 0.25) is 11.8 Å². The van der Waals surface area contributed by atoms with Gasteiger partial charge in [0, 0.05) is 31.4 Å². The van der Waals surface area contributed by atoms with Crippen molar-refractivity contribution < 1.29 is 33.4 Å². The minimum Gasteiger partial charge on any atom is -0.453 e. The van der Waals surface area contributed by atoms with Gasteiger partial charge in [-0.15, -0.1) is 0 Å². The Labute approximate surface area is 377 Å². The molecule has 5 atom stereocenters. The lowest BCUT2D eigenvalue weighted by Crippen LogP contribution is -2.55. The van der Waals surface area contributed by atoms with E-state index < -0.39 is 24.3 Å². The van der Waals surface area contributed by atoms with Crippen molar-refractivity contribution >= 4 is 34.8 Å². The van der Waals surface area contributed by atoms with E-state index in [2.05, 4.69) is 87.3 Å². The second-order valence-electron chi connectivity index (χ2n) is 18.8. The first-order chi connectivity index (χ1) is 31.5. The van der Waals surface area contributed by atoms with Crippen molar-refractivity contribution in [3.05, 3.63) is 96.4 Å². The Balaban J connectivity index is 0.834. The molecule has 4 amide bonds. The van der Waals surface area contributed by atoms with E-state index in [1.807, 2.05) is 36.0 Å². The standard InChI is InChI=1S/C50H56N8O7/c1-28(2)41(55-48(61)63-3)46(59)57-27-50(17-18-50)24-40(57)44-51-26-39(53-44)35-12-11-33-21-32(9-10-34(33)22-35)29-5-7-30(8-6-29)38-25-52-45(54-38)43-36-13-14-37(23-36)58(43)47(60)42(56-49(62)64-4)31-15-19-65-20-16-31/h5-13,21-22,25-26,28,31,37,40-43H,14-20,23-24,27H2,1-4H3,(H,51,53)(H,52,54)(H,55,61)(H,56,62)/t37-,40+,41+,42+,43+/m1/s1. The van der Waals surface area contributed by atoms with Crippen LogP contribution in [0.15, 0.2) is 84.7 Å². The molecule has 0 unspecified atom stereocenters. The van der Waals surface area contributed by atoms with Crippen LogP contribution in [0, 0.1) is 17.3 Å².